The van der Waals surface area contributed by atoms with Gasteiger partial charge in [0, 0.05) is 41.4 Å². The molecule has 7 heteroatoms. The molecule has 3 unspecified atom stereocenters. The fourth-order valence-corrected chi connectivity index (χ4v) is 4.79. The number of Topliss-reactive ketones (excluding diaryl/α,β-unsaturated/α-hetero) is 1. The first-order chi connectivity index (χ1) is 15.8. The average Bonchev–Trinajstić information content (AvgIpc) is 2.78. The Labute approximate surface area is 192 Å². The van der Waals surface area contributed by atoms with E-state index in [1.165, 1.54) is 12.1 Å². The maximum Gasteiger partial charge on any atom is 0.316 e. The zero-order valence-electron chi connectivity index (χ0n) is 18.6. The lowest BCUT2D eigenvalue weighted by Crippen LogP contribution is -2.42. The molecule has 0 saturated carbocycles. The molecule has 1 aliphatic carbocycles. The molecule has 2 aromatic rings. The van der Waals surface area contributed by atoms with Crippen molar-refractivity contribution in [2.75, 3.05) is 0 Å². The Kier molecular flexibility index (Phi) is 6.14. The normalized spacial score (nSPS) is 22.6. The Morgan fingerprint density at radius 1 is 1.12 bits per heavy atom. The Hall–Kier alpha value is -3.74. The number of nitrogens with one attached hydrogen (secondary N) is 1. The molecular formula is C26H26N2O5. The number of allylic oxidation sites excluding steroid dienone is 2. The highest BCUT2D eigenvalue weighted by molar-refractivity contribution is 6.01. The van der Waals surface area contributed by atoms with Crippen LogP contribution in [0.4, 0.5) is 5.69 Å². The van der Waals surface area contributed by atoms with Crippen LogP contribution in [-0.4, -0.2) is 22.8 Å². The lowest BCUT2D eigenvalue weighted by molar-refractivity contribution is -0.384. The second kappa shape index (κ2) is 9.02. The van der Waals surface area contributed by atoms with E-state index >= 15 is 0 Å². The van der Waals surface area contributed by atoms with E-state index in [2.05, 4.69) is 11.9 Å². The first kappa shape index (κ1) is 22.5. The Morgan fingerprint density at radius 3 is 2.48 bits per heavy atom. The molecule has 0 fully saturated rings. The number of carbonyl (C=O) groups excluding carboxylic acids is 2. The van der Waals surface area contributed by atoms with Crippen LogP contribution in [0.1, 0.15) is 49.7 Å². The van der Waals surface area contributed by atoms with E-state index < -0.39 is 22.7 Å². The summed E-state index contributed by atoms with van der Waals surface area (Å²) >= 11 is 0. The van der Waals surface area contributed by atoms with Gasteiger partial charge in [0.25, 0.3) is 5.69 Å². The van der Waals surface area contributed by atoms with Crippen molar-refractivity contribution >= 4 is 17.4 Å². The third-order valence-electron chi connectivity index (χ3n) is 6.16. The molecule has 2 aliphatic rings. The van der Waals surface area contributed by atoms with E-state index in [1.807, 2.05) is 30.3 Å². The Bertz CT molecular complexity index is 1150. The molecule has 0 radical (unpaired) electrons. The predicted octanol–water partition coefficient (Wildman–Crippen LogP) is 4.76. The largest absolute Gasteiger partial charge is 0.462 e. The number of ether oxygens (including phenoxy) is 1. The van der Waals surface area contributed by atoms with E-state index in [0.29, 0.717) is 29.7 Å². The number of esters is 1. The molecule has 0 bridgehead atoms. The smallest absolute Gasteiger partial charge is 0.316 e. The lowest BCUT2D eigenvalue weighted by atomic mass is 9.69. The van der Waals surface area contributed by atoms with Gasteiger partial charge in [-0.1, -0.05) is 49.0 Å². The number of nitrogens with zero attached hydrogens (tertiary/aromatic N) is 1. The molecule has 0 aromatic heterocycles. The quantitative estimate of drug-likeness (QED) is 0.404. The van der Waals surface area contributed by atoms with Gasteiger partial charge in [-0.3, -0.25) is 19.7 Å². The van der Waals surface area contributed by atoms with Crippen molar-refractivity contribution in [3.63, 3.8) is 0 Å². The molecule has 7 nitrogen and oxygen atoms in total. The number of benzene rings is 2. The van der Waals surface area contributed by atoms with Crippen LogP contribution < -0.4 is 5.32 Å². The highest BCUT2D eigenvalue weighted by Gasteiger charge is 2.45. The number of carbonyl (C=O) groups is 2. The highest BCUT2D eigenvalue weighted by Crippen LogP contribution is 2.47. The van der Waals surface area contributed by atoms with Crippen molar-refractivity contribution in [1.82, 2.24) is 5.32 Å². The third-order valence-corrected chi connectivity index (χ3v) is 6.16. The van der Waals surface area contributed by atoms with Crippen LogP contribution in [0.25, 0.3) is 0 Å². The van der Waals surface area contributed by atoms with Crippen molar-refractivity contribution in [3.8, 4) is 0 Å². The lowest BCUT2D eigenvalue weighted by Gasteiger charge is -2.40. The number of ketones is 1. The molecule has 3 atom stereocenters. The average molecular weight is 447 g/mol. The second-order valence-electron chi connectivity index (χ2n) is 8.77. The maximum absolute atomic E-state index is 13.5. The minimum Gasteiger partial charge on any atom is -0.462 e. The zero-order valence-corrected chi connectivity index (χ0v) is 18.6. The molecule has 1 heterocycles. The number of rotatable bonds is 5. The SMILES string of the molecule is C=C1NC2=C(C(=O)CC(c3ccccc3)C2)C(c2cccc([N+](=O)[O-])c2)C1C(=O)OC(C)C. The monoisotopic (exact) mass is 446 g/mol. The summed E-state index contributed by atoms with van der Waals surface area (Å²) in [6.07, 6.45) is 0.534. The van der Waals surface area contributed by atoms with Gasteiger partial charge >= 0.3 is 5.97 Å². The van der Waals surface area contributed by atoms with E-state index in [4.69, 9.17) is 4.74 Å². The molecule has 0 amide bonds. The van der Waals surface area contributed by atoms with Gasteiger partial charge in [0.1, 0.15) is 5.92 Å². The summed E-state index contributed by atoms with van der Waals surface area (Å²) in [7, 11) is 0. The van der Waals surface area contributed by atoms with E-state index in [-0.39, 0.29) is 23.5 Å². The molecule has 0 saturated heterocycles. The molecule has 2 aromatic carbocycles. The summed E-state index contributed by atoms with van der Waals surface area (Å²) in [5.41, 5.74) is 3.13. The topological polar surface area (TPSA) is 98.5 Å². The highest BCUT2D eigenvalue weighted by atomic mass is 16.6. The first-order valence-electron chi connectivity index (χ1n) is 11.0. The van der Waals surface area contributed by atoms with Crippen LogP contribution >= 0.6 is 0 Å². The fraction of sp³-hybridized carbons (Fsp3) is 0.308. The minimum absolute atomic E-state index is 0.00248. The van der Waals surface area contributed by atoms with E-state index in [0.717, 1.165) is 11.3 Å². The van der Waals surface area contributed by atoms with E-state index in [1.54, 1.807) is 26.0 Å². The van der Waals surface area contributed by atoms with Gasteiger partial charge in [0.15, 0.2) is 5.78 Å². The van der Waals surface area contributed by atoms with E-state index in [9.17, 15) is 19.7 Å². The van der Waals surface area contributed by atoms with Crippen LogP contribution in [0.15, 0.2) is 78.1 Å². The molecular weight excluding hydrogens is 420 g/mol. The summed E-state index contributed by atoms with van der Waals surface area (Å²) in [4.78, 5) is 37.5. The number of hydrogen-bond donors (Lipinski definition) is 1. The summed E-state index contributed by atoms with van der Waals surface area (Å²) < 4.78 is 5.49. The number of non-ortho nitro benzene ring substituents is 1. The van der Waals surface area contributed by atoms with Crippen molar-refractivity contribution < 1.29 is 19.2 Å². The van der Waals surface area contributed by atoms with Crippen LogP contribution in [0, 0.1) is 16.0 Å². The fourth-order valence-electron chi connectivity index (χ4n) is 4.79. The zero-order chi connectivity index (χ0) is 23.7. The standard InChI is InChI=1S/C26H26N2O5/c1-15(2)33-26(30)23-16(3)27-21-13-19(17-8-5-4-6-9-17)14-22(29)25(21)24(23)18-10-7-11-20(12-18)28(31)32/h4-12,15,19,23-24,27H,3,13-14H2,1-2H3. The minimum atomic E-state index is -0.870. The molecule has 1 aliphatic heterocycles. The molecule has 1 N–H and O–H groups in total. The summed E-state index contributed by atoms with van der Waals surface area (Å²) in [5.74, 6) is -2.16. The Morgan fingerprint density at radius 2 is 1.82 bits per heavy atom. The predicted molar refractivity (Wildman–Crippen MR) is 123 cm³/mol. The molecule has 33 heavy (non-hydrogen) atoms. The van der Waals surface area contributed by atoms with Gasteiger partial charge in [-0.05, 0) is 37.3 Å². The van der Waals surface area contributed by atoms with Crippen molar-refractivity contribution in [3.05, 3.63) is 99.4 Å². The summed E-state index contributed by atoms with van der Waals surface area (Å²) in [5, 5.41) is 14.6. The van der Waals surface area contributed by atoms with Gasteiger partial charge in [0.2, 0.25) is 0 Å². The summed E-state index contributed by atoms with van der Waals surface area (Å²) in [6.45, 7) is 7.58. The maximum atomic E-state index is 13.5. The van der Waals surface area contributed by atoms with Gasteiger partial charge < -0.3 is 10.1 Å². The van der Waals surface area contributed by atoms with Gasteiger partial charge in [-0.25, -0.2) is 0 Å². The Balaban J connectivity index is 1.82. The molecule has 4 rings (SSSR count). The van der Waals surface area contributed by atoms with Gasteiger partial charge in [-0.15, -0.1) is 0 Å². The molecule has 170 valence electrons. The first-order valence-corrected chi connectivity index (χ1v) is 11.0. The van der Waals surface area contributed by atoms with Crippen LogP contribution in [0.5, 0.6) is 0 Å². The van der Waals surface area contributed by atoms with Crippen LogP contribution in [0.3, 0.4) is 0 Å². The second-order valence-corrected chi connectivity index (χ2v) is 8.77. The van der Waals surface area contributed by atoms with Crippen LogP contribution in [-0.2, 0) is 14.3 Å². The van der Waals surface area contributed by atoms with Crippen molar-refractivity contribution in [2.45, 2.75) is 44.6 Å². The number of hydrogen-bond acceptors (Lipinski definition) is 6. The van der Waals surface area contributed by atoms with Crippen molar-refractivity contribution in [1.29, 1.82) is 0 Å². The number of nitro benzene ring substituents is 1. The molecule has 0 spiro atoms. The number of nitro groups is 1. The van der Waals surface area contributed by atoms with Crippen molar-refractivity contribution in [2.24, 2.45) is 5.92 Å². The van der Waals surface area contributed by atoms with Crippen LogP contribution in [0.2, 0.25) is 0 Å². The summed E-state index contributed by atoms with van der Waals surface area (Å²) in [6, 6.07) is 15.9. The third kappa shape index (κ3) is 4.44. The van der Waals surface area contributed by atoms with Gasteiger partial charge in [0.05, 0.1) is 11.0 Å². The van der Waals surface area contributed by atoms with Gasteiger partial charge in [-0.2, -0.15) is 0 Å².